The van der Waals surface area contributed by atoms with Crippen molar-refractivity contribution >= 4 is 17.5 Å². The standard InChI is InChI=1S/C13H17N3O2/c1-16(2)12(13(14)18)9-3-5-10-8(7-9)4-6-11(17)15-10/h3,5,7,12H,4,6H2,1-2H3,(H2,14,18)(H,15,17). The zero-order valence-corrected chi connectivity index (χ0v) is 10.6. The predicted molar refractivity (Wildman–Crippen MR) is 69.0 cm³/mol. The van der Waals surface area contributed by atoms with Gasteiger partial charge in [-0.05, 0) is 37.7 Å². The Labute approximate surface area is 106 Å². The molecule has 5 heteroatoms. The molecule has 0 fully saturated rings. The number of nitrogens with zero attached hydrogens (tertiary/aromatic N) is 1. The lowest BCUT2D eigenvalue weighted by Crippen LogP contribution is -2.33. The number of primary amides is 1. The minimum atomic E-state index is -0.437. The summed E-state index contributed by atoms with van der Waals surface area (Å²) in [5.74, 6) is -0.339. The molecule has 1 heterocycles. The fraction of sp³-hybridized carbons (Fsp3) is 0.385. The highest BCUT2D eigenvalue weighted by atomic mass is 16.2. The number of fused-ring (bicyclic) bond motifs is 1. The predicted octanol–water partition coefficient (Wildman–Crippen LogP) is 0.659. The average molecular weight is 247 g/mol. The Bertz CT molecular complexity index is 497. The maximum atomic E-state index is 11.5. The van der Waals surface area contributed by atoms with Crippen LogP contribution >= 0.6 is 0 Å². The van der Waals surface area contributed by atoms with Crippen molar-refractivity contribution in [2.75, 3.05) is 19.4 Å². The summed E-state index contributed by atoms with van der Waals surface area (Å²) >= 11 is 0. The molecule has 96 valence electrons. The van der Waals surface area contributed by atoms with Gasteiger partial charge in [-0.3, -0.25) is 14.5 Å². The molecule has 1 unspecified atom stereocenters. The van der Waals surface area contributed by atoms with Gasteiger partial charge in [0.25, 0.3) is 0 Å². The summed E-state index contributed by atoms with van der Waals surface area (Å²) in [5.41, 5.74) is 8.17. The Morgan fingerprint density at radius 1 is 1.39 bits per heavy atom. The lowest BCUT2D eigenvalue weighted by molar-refractivity contribution is -0.122. The Balaban J connectivity index is 2.36. The summed E-state index contributed by atoms with van der Waals surface area (Å²) < 4.78 is 0. The van der Waals surface area contributed by atoms with Crippen LogP contribution in [0.5, 0.6) is 0 Å². The fourth-order valence-corrected chi connectivity index (χ4v) is 2.29. The van der Waals surface area contributed by atoms with Crippen LogP contribution in [-0.4, -0.2) is 30.8 Å². The number of benzene rings is 1. The molecule has 18 heavy (non-hydrogen) atoms. The van der Waals surface area contributed by atoms with Gasteiger partial charge in [-0.25, -0.2) is 0 Å². The molecule has 3 N–H and O–H groups in total. The molecule has 1 aliphatic rings. The van der Waals surface area contributed by atoms with E-state index in [1.165, 1.54) is 0 Å². The molecule has 1 aromatic rings. The van der Waals surface area contributed by atoms with Crippen LogP contribution in [0.1, 0.15) is 23.6 Å². The summed E-state index contributed by atoms with van der Waals surface area (Å²) in [6.45, 7) is 0. The minimum Gasteiger partial charge on any atom is -0.368 e. The summed E-state index contributed by atoms with van der Waals surface area (Å²) in [5, 5.41) is 2.82. The third kappa shape index (κ3) is 2.36. The fourth-order valence-electron chi connectivity index (χ4n) is 2.29. The van der Waals surface area contributed by atoms with Gasteiger partial charge >= 0.3 is 0 Å². The Morgan fingerprint density at radius 3 is 2.72 bits per heavy atom. The first-order valence-corrected chi connectivity index (χ1v) is 5.87. The van der Waals surface area contributed by atoms with Gasteiger partial charge < -0.3 is 11.1 Å². The van der Waals surface area contributed by atoms with Gasteiger partial charge in [0.2, 0.25) is 11.8 Å². The largest absolute Gasteiger partial charge is 0.368 e. The number of nitrogens with two attached hydrogens (primary N) is 1. The second-order valence-electron chi connectivity index (χ2n) is 4.73. The molecule has 0 bridgehead atoms. The van der Waals surface area contributed by atoms with Crippen molar-refractivity contribution in [1.29, 1.82) is 0 Å². The summed E-state index contributed by atoms with van der Waals surface area (Å²) in [6, 6.07) is 5.18. The van der Waals surface area contributed by atoms with E-state index in [-0.39, 0.29) is 11.8 Å². The third-order valence-corrected chi connectivity index (χ3v) is 3.13. The van der Waals surface area contributed by atoms with Gasteiger partial charge in [0.15, 0.2) is 0 Å². The van der Waals surface area contributed by atoms with Crippen molar-refractivity contribution < 1.29 is 9.59 Å². The van der Waals surface area contributed by atoms with Crippen molar-refractivity contribution in [3.05, 3.63) is 29.3 Å². The van der Waals surface area contributed by atoms with Gasteiger partial charge in [-0.15, -0.1) is 0 Å². The van der Waals surface area contributed by atoms with E-state index in [4.69, 9.17) is 5.73 Å². The molecule has 0 aromatic heterocycles. The summed E-state index contributed by atoms with van der Waals surface area (Å²) in [7, 11) is 3.63. The number of likely N-dealkylation sites (N-methyl/N-ethyl adjacent to an activating group) is 1. The van der Waals surface area contributed by atoms with Crippen LogP contribution in [0.4, 0.5) is 5.69 Å². The van der Waals surface area contributed by atoms with Gasteiger partial charge in [-0.1, -0.05) is 12.1 Å². The third-order valence-electron chi connectivity index (χ3n) is 3.13. The van der Waals surface area contributed by atoms with E-state index in [1.54, 1.807) is 4.90 Å². The Hall–Kier alpha value is -1.88. The second-order valence-corrected chi connectivity index (χ2v) is 4.73. The van der Waals surface area contributed by atoms with Crippen molar-refractivity contribution in [1.82, 2.24) is 4.90 Å². The van der Waals surface area contributed by atoms with E-state index < -0.39 is 6.04 Å². The van der Waals surface area contributed by atoms with E-state index in [9.17, 15) is 9.59 Å². The number of hydrogen-bond acceptors (Lipinski definition) is 3. The first kappa shape index (κ1) is 12.6. The zero-order chi connectivity index (χ0) is 13.3. The van der Waals surface area contributed by atoms with Crippen LogP contribution in [0.15, 0.2) is 18.2 Å². The Morgan fingerprint density at radius 2 is 2.11 bits per heavy atom. The molecule has 1 atom stereocenters. The van der Waals surface area contributed by atoms with Crippen LogP contribution in [0.25, 0.3) is 0 Å². The highest BCUT2D eigenvalue weighted by molar-refractivity contribution is 5.94. The molecule has 0 spiro atoms. The van der Waals surface area contributed by atoms with Gasteiger partial charge in [0.05, 0.1) is 0 Å². The number of hydrogen-bond donors (Lipinski definition) is 2. The molecule has 2 amide bonds. The van der Waals surface area contributed by atoms with Gasteiger partial charge in [-0.2, -0.15) is 0 Å². The monoisotopic (exact) mass is 247 g/mol. The number of aryl methyl sites for hydroxylation is 1. The van der Waals surface area contributed by atoms with Crippen LogP contribution < -0.4 is 11.1 Å². The van der Waals surface area contributed by atoms with Gasteiger partial charge in [0.1, 0.15) is 6.04 Å². The van der Waals surface area contributed by atoms with Crippen molar-refractivity contribution in [3.63, 3.8) is 0 Å². The van der Waals surface area contributed by atoms with E-state index >= 15 is 0 Å². The molecule has 0 saturated carbocycles. The lowest BCUT2D eigenvalue weighted by atomic mass is 9.96. The topological polar surface area (TPSA) is 75.4 Å². The Kier molecular flexibility index (Phi) is 3.34. The normalized spacial score (nSPS) is 16.1. The van der Waals surface area contributed by atoms with Crippen LogP contribution in [0.3, 0.4) is 0 Å². The molecule has 1 aliphatic heterocycles. The van der Waals surface area contributed by atoms with E-state index in [2.05, 4.69) is 5.32 Å². The zero-order valence-electron chi connectivity index (χ0n) is 10.6. The molecule has 0 radical (unpaired) electrons. The van der Waals surface area contributed by atoms with E-state index in [1.807, 2.05) is 32.3 Å². The van der Waals surface area contributed by atoms with E-state index in [0.29, 0.717) is 12.8 Å². The van der Waals surface area contributed by atoms with Crippen LogP contribution in [0, 0.1) is 0 Å². The molecular weight excluding hydrogens is 230 g/mol. The number of rotatable bonds is 3. The first-order valence-electron chi connectivity index (χ1n) is 5.87. The average Bonchev–Trinajstić information content (AvgIpc) is 2.28. The molecule has 0 aliphatic carbocycles. The first-order chi connectivity index (χ1) is 8.49. The quantitative estimate of drug-likeness (QED) is 0.824. The van der Waals surface area contributed by atoms with Crippen molar-refractivity contribution in [3.8, 4) is 0 Å². The maximum Gasteiger partial charge on any atom is 0.239 e. The van der Waals surface area contributed by atoms with Crippen molar-refractivity contribution in [2.24, 2.45) is 5.73 Å². The highest BCUT2D eigenvalue weighted by Crippen LogP contribution is 2.27. The second kappa shape index (κ2) is 4.78. The van der Waals surface area contributed by atoms with Crippen LogP contribution in [-0.2, 0) is 16.0 Å². The molecule has 2 rings (SSSR count). The number of nitrogens with one attached hydrogen (secondary N) is 1. The maximum absolute atomic E-state index is 11.5. The number of carbonyl (C=O) groups is 2. The lowest BCUT2D eigenvalue weighted by Gasteiger charge is -2.24. The minimum absolute atomic E-state index is 0.0364. The SMILES string of the molecule is CN(C)C(C(N)=O)c1ccc2c(c1)CCC(=O)N2. The summed E-state index contributed by atoms with van der Waals surface area (Å²) in [4.78, 5) is 24.5. The van der Waals surface area contributed by atoms with Crippen molar-refractivity contribution in [2.45, 2.75) is 18.9 Å². The summed E-state index contributed by atoms with van der Waals surface area (Å²) in [6.07, 6.45) is 1.19. The van der Waals surface area contributed by atoms with Crippen LogP contribution in [0.2, 0.25) is 0 Å². The number of anilines is 1. The molecule has 1 aromatic carbocycles. The molecule has 0 saturated heterocycles. The smallest absolute Gasteiger partial charge is 0.239 e. The number of amides is 2. The molecular formula is C13H17N3O2. The highest BCUT2D eigenvalue weighted by Gasteiger charge is 2.22. The van der Waals surface area contributed by atoms with Gasteiger partial charge in [0, 0.05) is 12.1 Å². The molecule has 5 nitrogen and oxygen atoms in total. The number of carbonyl (C=O) groups excluding carboxylic acids is 2. The van der Waals surface area contributed by atoms with E-state index in [0.717, 1.165) is 16.8 Å².